The minimum Gasteiger partial charge on any atom is -0.326 e. The number of nitrogens with zero attached hydrogens (tertiary/aromatic N) is 2. The van der Waals surface area contributed by atoms with E-state index in [4.69, 9.17) is 5.26 Å². The molecule has 1 saturated heterocycles. The van der Waals surface area contributed by atoms with Gasteiger partial charge in [0.15, 0.2) is 0 Å². The number of hydrogen-bond donors (Lipinski definition) is 1. The molecule has 0 saturated carbocycles. The Morgan fingerprint density at radius 3 is 2.90 bits per heavy atom. The van der Waals surface area contributed by atoms with Crippen LogP contribution in [0, 0.1) is 17.2 Å². The molecule has 106 valence electrons. The van der Waals surface area contributed by atoms with Gasteiger partial charge in [-0.05, 0) is 43.7 Å². The maximum Gasteiger partial charge on any atom is 0.228 e. The van der Waals surface area contributed by atoms with Gasteiger partial charge in [-0.1, -0.05) is 15.9 Å². The first kappa shape index (κ1) is 15.0. The highest BCUT2D eigenvalue weighted by Crippen LogP contribution is 2.20. The van der Waals surface area contributed by atoms with Crippen LogP contribution >= 0.6 is 15.9 Å². The van der Waals surface area contributed by atoms with Crippen LogP contribution in [0.25, 0.3) is 0 Å². The molecule has 1 aliphatic rings. The van der Waals surface area contributed by atoms with Crippen molar-refractivity contribution >= 4 is 27.5 Å². The summed E-state index contributed by atoms with van der Waals surface area (Å²) in [6.07, 6.45) is 2.47. The normalized spacial score (nSPS) is 19.3. The molecular formula is C15H18BrN3O. The maximum atomic E-state index is 12.3. The van der Waals surface area contributed by atoms with E-state index in [2.05, 4.69) is 32.2 Å². The molecule has 0 bridgehead atoms. The molecule has 0 radical (unpaired) electrons. The lowest BCUT2D eigenvalue weighted by atomic mass is 9.97. The summed E-state index contributed by atoms with van der Waals surface area (Å²) in [6, 6.07) is 9.76. The number of anilines is 1. The third-order valence-corrected chi connectivity index (χ3v) is 4.06. The highest BCUT2D eigenvalue weighted by molar-refractivity contribution is 9.10. The predicted octanol–water partition coefficient (Wildman–Crippen LogP) is 3.01. The number of hydrogen-bond acceptors (Lipinski definition) is 3. The Balaban J connectivity index is 1.88. The van der Waals surface area contributed by atoms with Crippen molar-refractivity contribution in [3.63, 3.8) is 0 Å². The highest BCUT2D eigenvalue weighted by Gasteiger charge is 2.25. The van der Waals surface area contributed by atoms with Crippen molar-refractivity contribution in [2.75, 3.05) is 25.0 Å². The molecule has 1 atom stereocenters. The van der Waals surface area contributed by atoms with E-state index in [0.717, 1.165) is 42.6 Å². The topological polar surface area (TPSA) is 56.1 Å². The molecule has 0 aliphatic carbocycles. The maximum absolute atomic E-state index is 12.3. The molecule has 1 unspecified atom stereocenters. The number of amides is 1. The fraction of sp³-hybridized carbons (Fsp3) is 0.467. The molecule has 20 heavy (non-hydrogen) atoms. The summed E-state index contributed by atoms with van der Waals surface area (Å²) in [5.41, 5.74) is 0.826. The van der Waals surface area contributed by atoms with E-state index in [0.29, 0.717) is 6.42 Å². The first-order valence-corrected chi connectivity index (χ1v) is 7.64. The van der Waals surface area contributed by atoms with Crippen molar-refractivity contribution in [3.8, 4) is 6.07 Å². The number of likely N-dealkylation sites (tertiary alicyclic amines) is 1. The van der Waals surface area contributed by atoms with E-state index >= 15 is 0 Å². The van der Waals surface area contributed by atoms with Crippen molar-refractivity contribution in [3.05, 3.63) is 28.7 Å². The number of carbonyl (C=O) groups is 1. The number of nitriles is 1. The molecule has 1 aromatic rings. The van der Waals surface area contributed by atoms with Crippen molar-refractivity contribution in [2.45, 2.75) is 19.3 Å². The minimum atomic E-state index is 0.0195. The summed E-state index contributed by atoms with van der Waals surface area (Å²) < 4.78 is 0.996. The number of benzene rings is 1. The fourth-order valence-electron chi connectivity index (χ4n) is 2.46. The molecule has 1 heterocycles. The smallest absolute Gasteiger partial charge is 0.228 e. The molecule has 4 nitrogen and oxygen atoms in total. The summed E-state index contributed by atoms with van der Waals surface area (Å²) in [5.74, 6) is 0.0973. The van der Waals surface area contributed by atoms with E-state index in [1.54, 1.807) is 0 Å². The monoisotopic (exact) mass is 335 g/mol. The standard InChI is InChI=1S/C15H18BrN3O/c16-13-4-6-14(7-5-13)18-15(20)12-3-1-9-19(11-12)10-2-8-17/h4-7,12H,1-3,9-11H2,(H,18,20). The van der Waals surface area contributed by atoms with Crippen LogP contribution in [0.2, 0.25) is 0 Å². The lowest BCUT2D eigenvalue weighted by Crippen LogP contribution is -2.41. The van der Waals surface area contributed by atoms with Crippen LogP contribution in [-0.4, -0.2) is 30.4 Å². The van der Waals surface area contributed by atoms with Gasteiger partial charge in [-0.15, -0.1) is 0 Å². The van der Waals surface area contributed by atoms with Crippen LogP contribution in [0.5, 0.6) is 0 Å². The second kappa shape index (κ2) is 7.41. The lowest BCUT2D eigenvalue weighted by molar-refractivity contribution is -0.121. The fourth-order valence-corrected chi connectivity index (χ4v) is 2.72. The van der Waals surface area contributed by atoms with Gasteiger partial charge >= 0.3 is 0 Å². The van der Waals surface area contributed by atoms with Crippen molar-refractivity contribution < 1.29 is 4.79 Å². The molecule has 2 rings (SSSR count). The zero-order valence-corrected chi connectivity index (χ0v) is 12.9. The zero-order chi connectivity index (χ0) is 14.4. The van der Waals surface area contributed by atoms with Gasteiger partial charge in [0.25, 0.3) is 0 Å². The van der Waals surface area contributed by atoms with Gasteiger partial charge in [-0.3, -0.25) is 4.79 Å². The van der Waals surface area contributed by atoms with Crippen LogP contribution in [0.15, 0.2) is 28.7 Å². The molecule has 1 N–H and O–H groups in total. The van der Waals surface area contributed by atoms with Crippen LogP contribution < -0.4 is 5.32 Å². The highest BCUT2D eigenvalue weighted by atomic mass is 79.9. The van der Waals surface area contributed by atoms with Gasteiger partial charge in [-0.25, -0.2) is 0 Å². The van der Waals surface area contributed by atoms with Crippen LogP contribution in [0.1, 0.15) is 19.3 Å². The Kier molecular flexibility index (Phi) is 5.57. The number of carbonyl (C=O) groups excluding carboxylic acids is 1. The first-order chi connectivity index (χ1) is 9.69. The number of piperidine rings is 1. The Morgan fingerprint density at radius 1 is 1.45 bits per heavy atom. The summed E-state index contributed by atoms with van der Waals surface area (Å²) in [6.45, 7) is 2.51. The van der Waals surface area contributed by atoms with Crippen molar-refractivity contribution in [1.82, 2.24) is 4.90 Å². The van der Waals surface area contributed by atoms with Crippen LogP contribution in [0.3, 0.4) is 0 Å². The third kappa shape index (κ3) is 4.32. The predicted molar refractivity (Wildman–Crippen MR) is 82.2 cm³/mol. The summed E-state index contributed by atoms with van der Waals surface area (Å²) in [7, 11) is 0. The summed E-state index contributed by atoms with van der Waals surface area (Å²) in [5, 5.41) is 11.6. The van der Waals surface area contributed by atoms with E-state index in [1.165, 1.54) is 0 Å². The Hall–Kier alpha value is -1.38. The van der Waals surface area contributed by atoms with Gasteiger partial charge in [0.2, 0.25) is 5.91 Å². The van der Waals surface area contributed by atoms with Crippen molar-refractivity contribution in [1.29, 1.82) is 5.26 Å². The van der Waals surface area contributed by atoms with E-state index < -0.39 is 0 Å². The van der Waals surface area contributed by atoms with Crippen molar-refractivity contribution in [2.24, 2.45) is 5.92 Å². The largest absolute Gasteiger partial charge is 0.326 e. The molecule has 5 heteroatoms. The quantitative estimate of drug-likeness (QED) is 0.920. The number of nitrogens with one attached hydrogen (secondary N) is 1. The van der Waals surface area contributed by atoms with Gasteiger partial charge in [0, 0.05) is 29.7 Å². The molecule has 1 aliphatic heterocycles. The summed E-state index contributed by atoms with van der Waals surface area (Å²) >= 11 is 3.37. The third-order valence-electron chi connectivity index (χ3n) is 3.53. The first-order valence-electron chi connectivity index (χ1n) is 6.85. The Morgan fingerprint density at radius 2 is 2.20 bits per heavy atom. The molecule has 0 spiro atoms. The number of rotatable bonds is 4. The van der Waals surface area contributed by atoms with Crippen LogP contribution in [0.4, 0.5) is 5.69 Å². The number of halogens is 1. The van der Waals surface area contributed by atoms with E-state index in [-0.39, 0.29) is 11.8 Å². The second-order valence-corrected chi connectivity index (χ2v) is 5.96. The Labute approximate surface area is 127 Å². The average molecular weight is 336 g/mol. The second-order valence-electron chi connectivity index (χ2n) is 5.04. The summed E-state index contributed by atoms with van der Waals surface area (Å²) in [4.78, 5) is 14.5. The molecule has 1 amide bonds. The van der Waals surface area contributed by atoms with Gasteiger partial charge in [-0.2, -0.15) is 5.26 Å². The van der Waals surface area contributed by atoms with Gasteiger partial charge < -0.3 is 10.2 Å². The zero-order valence-electron chi connectivity index (χ0n) is 11.3. The van der Waals surface area contributed by atoms with Gasteiger partial charge in [0.05, 0.1) is 12.0 Å². The molecular weight excluding hydrogens is 318 g/mol. The molecule has 1 aromatic carbocycles. The molecule has 1 fully saturated rings. The molecule has 0 aromatic heterocycles. The average Bonchev–Trinajstić information content (AvgIpc) is 2.48. The van der Waals surface area contributed by atoms with E-state index in [9.17, 15) is 4.79 Å². The van der Waals surface area contributed by atoms with Crippen LogP contribution in [-0.2, 0) is 4.79 Å². The van der Waals surface area contributed by atoms with Gasteiger partial charge in [0.1, 0.15) is 0 Å². The minimum absolute atomic E-state index is 0.0195. The Bertz CT molecular complexity index is 495. The van der Waals surface area contributed by atoms with E-state index in [1.807, 2.05) is 24.3 Å². The SMILES string of the molecule is N#CCCN1CCCC(C(=O)Nc2ccc(Br)cc2)C1. The lowest BCUT2D eigenvalue weighted by Gasteiger charge is -2.31.